The van der Waals surface area contributed by atoms with Gasteiger partial charge in [-0.2, -0.15) is 9.97 Å². The van der Waals surface area contributed by atoms with Crippen LogP contribution in [0.3, 0.4) is 0 Å². The number of aromatic nitrogens is 4. The van der Waals surface area contributed by atoms with Crippen molar-refractivity contribution in [2.75, 3.05) is 12.4 Å². The van der Waals surface area contributed by atoms with Crippen LogP contribution in [0.1, 0.15) is 5.69 Å². The summed E-state index contributed by atoms with van der Waals surface area (Å²) in [7, 11) is 1.58. The third kappa shape index (κ3) is 3.04. The molecule has 7 heteroatoms. The largest absolute Gasteiger partial charge is 0.495 e. The number of nitrogens with one attached hydrogen (secondary N) is 1. The van der Waals surface area contributed by atoms with E-state index in [1.165, 1.54) is 4.57 Å². The molecule has 136 valence electrons. The van der Waals surface area contributed by atoms with Gasteiger partial charge in [-0.15, -0.1) is 6.42 Å². The molecule has 0 atom stereocenters. The van der Waals surface area contributed by atoms with Crippen molar-refractivity contribution < 1.29 is 4.74 Å². The van der Waals surface area contributed by atoms with Gasteiger partial charge in [0.1, 0.15) is 11.4 Å². The highest BCUT2D eigenvalue weighted by Crippen LogP contribution is 2.26. The van der Waals surface area contributed by atoms with Crippen molar-refractivity contribution >= 4 is 22.7 Å². The van der Waals surface area contributed by atoms with Crippen LogP contribution in [-0.4, -0.2) is 26.6 Å². The minimum atomic E-state index is -0.506. The molecule has 2 heterocycles. The number of nitrogens with zero attached hydrogens (tertiary/aromatic N) is 4. The molecule has 4 rings (SSSR count). The Balaban J connectivity index is 1.93. The quantitative estimate of drug-likeness (QED) is 0.557. The van der Waals surface area contributed by atoms with Crippen LogP contribution in [0.15, 0.2) is 65.6 Å². The maximum atomic E-state index is 12.6. The number of methoxy groups -OCH3 is 1. The van der Waals surface area contributed by atoms with Crippen molar-refractivity contribution in [3.05, 3.63) is 77.0 Å². The van der Waals surface area contributed by atoms with E-state index in [2.05, 4.69) is 26.2 Å². The van der Waals surface area contributed by atoms with E-state index in [-0.39, 0.29) is 5.69 Å². The summed E-state index contributed by atoms with van der Waals surface area (Å²) in [6, 6.07) is 16.5. The van der Waals surface area contributed by atoms with Crippen LogP contribution in [0, 0.1) is 12.3 Å². The van der Waals surface area contributed by atoms with Crippen LogP contribution in [0.4, 0.5) is 11.6 Å². The monoisotopic (exact) mass is 369 g/mol. The fourth-order valence-corrected chi connectivity index (χ4v) is 2.86. The zero-order chi connectivity index (χ0) is 19.5. The molecule has 0 aliphatic rings. The third-order valence-corrected chi connectivity index (χ3v) is 4.14. The maximum Gasteiger partial charge on any atom is 0.355 e. The first-order valence-corrected chi connectivity index (χ1v) is 8.43. The molecule has 0 bridgehead atoms. The summed E-state index contributed by atoms with van der Waals surface area (Å²) in [5.74, 6) is 3.38. The molecule has 0 radical (unpaired) electrons. The molecule has 28 heavy (non-hydrogen) atoms. The van der Waals surface area contributed by atoms with Crippen molar-refractivity contribution in [2.45, 2.75) is 0 Å². The SMILES string of the molecule is C#Cc1nc(=O)n(-c2ccccc2)c2nc(Nc3ccccc3OC)ncc12. The third-order valence-electron chi connectivity index (χ3n) is 4.14. The van der Waals surface area contributed by atoms with Gasteiger partial charge in [-0.25, -0.2) is 14.3 Å². The Morgan fingerprint density at radius 3 is 2.57 bits per heavy atom. The summed E-state index contributed by atoms with van der Waals surface area (Å²) in [6.45, 7) is 0. The molecular formula is C21H15N5O2. The van der Waals surface area contributed by atoms with Gasteiger partial charge < -0.3 is 10.1 Å². The van der Waals surface area contributed by atoms with E-state index in [0.29, 0.717) is 34.1 Å². The van der Waals surface area contributed by atoms with Gasteiger partial charge in [0.05, 0.1) is 23.9 Å². The maximum absolute atomic E-state index is 12.6. The summed E-state index contributed by atoms with van der Waals surface area (Å²) in [4.78, 5) is 25.5. The smallest absolute Gasteiger partial charge is 0.355 e. The topological polar surface area (TPSA) is 81.9 Å². The molecule has 0 fully saturated rings. The van der Waals surface area contributed by atoms with Gasteiger partial charge in [0.25, 0.3) is 0 Å². The van der Waals surface area contributed by atoms with Crippen LogP contribution in [0.5, 0.6) is 5.75 Å². The first-order chi connectivity index (χ1) is 13.7. The number of fused-ring (bicyclic) bond motifs is 1. The second kappa shape index (κ2) is 7.21. The van der Waals surface area contributed by atoms with Crippen molar-refractivity contribution in [3.8, 4) is 23.8 Å². The van der Waals surface area contributed by atoms with Crippen LogP contribution in [0.2, 0.25) is 0 Å². The number of terminal acetylenes is 1. The van der Waals surface area contributed by atoms with Gasteiger partial charge in [-0.1, -0.05) is 30.3 Å². The molecule has 0 aliphatic carbocycles. The molecule has 2 aromatic carbocycles. The van der Waals surface area contributed by atoms with Crippen LogP contribution >= 0.6 is 0 Å². The molecule has 2 aromatic heterocycles. The van der Waals surface area contributed by atoms with E-state index in [0.717, 1.165) is 0 Å². The minimum absolute atomic E-state index is 0.205. The Bertz CT molecular complexity index is 1260. The molecule has 0 unspecified atom stereocenters. The molecule has 0 aliphatic heterocycles. The van der Waals surface area contributed by atoms with Gasteiger partial charge in [0, 0.05) is 6.20 Å². The second-order valence-corrected chi connectivity index (χ2v) is 5.81. The number of ether oxygens (including phenoxy) is 1. The van der Waals surface area contributed by atoms with Gasteiger partial charge in [-0.05, 0) is 30.2 Å². The molecule has 0 spiro atoms. The number of hydrogen-bond donors (Lipinski definition) is 1. The lowest BCUT2D eigenvalue weighted by Crippen LogP contribution is -2.24. The highest BCUT2D eigenvalue weighted by atomic mass is 16.5. The Labute approximate surface area is 160 Å². The van der Waals surface area contributed by atoms with Crippen LogP contribution in [-0.2, 0) is 0 Å². The molecule has 0 saturated heterocycles. The summed E-state index contributed by atoms with van der Waals surface area (Å²) >= 11 is 0. The van der Waals surface area contributed by atoms with Gasteiger partial charge in [0.15, 0.2) is 5.65 Å². The lowest BCUT2D eigenvalue weighted by Gasteiger charge is -2.12. The molecule has 0 saturated carbocycles. The van der Waals surface area contributed by atoms with Gasteiger partial charge >= 0.3 is 5.69 Å². The van der Waals surface area contributed by atoms with Crippen LogP contribution in [0.25, 0.3) is 16.7 Å². The summed E-state index contributed by atoms with van der Waals surface area (Å²) in [5.41, 5.74) is 1.40. The highest BCUT2D eigenvalue weighted by Gasteiger charge is 2.14. The van der Waals surface area contributed by atoms with Gasteiger partial charge in [0.2, 0.25) is 5.95 Å². The second-order valence-electron chi connectivity index (χ2n) is 5.81. The number of anilines is 2. The van der Waals surface area contributed by atoms with E-state index in [1.54, 1.807) is 25.4 Å². The van der Waals surface area contributed by atoms with E-state index in [1.807, 2.05) is 42.5 Å². The number of rotatable bonds is 4. The van der Waals surface area contributed by atoms with Crippen molar-refractivity contribution in [1.82, 2.24) is 19.5 Å². The minimum Gasteiger partial charge on any atom is -0.495 e. The summed E-state index contributed by atoms with van der Waals surface area (Å²) < 4.78 is 6.75. The van der Waals surface area contributed by atoms with E-state index < -0.39 is 5.69 Å². The first-order valence-electron chi connectivity index (χ1n) is 8.43. The zero-order valence-electron chi connectivity index (χ0n) is 15.0. The highest BCUT2D eigenvalue weighted by molar-refractivity contribution is 5.82. The number of para-hydroxylation sites is 3. The number of hydrogen-bond acceptors (Lipinski definition) is 6. The summed E-state index contributed by atoms with van der Waals surface area (Å²) in [5, 5.41) is 3.63. The standard InChI is InChI=1S/C21H15N5O2/c1-3-16-15-13-22-20(23-17-11-7-8-12-18(17)28-2)25-19(15)26(21(27)24-16)14-9-5-4-6-10-14/h1,4-13H,2H3,(H,22,23,25). The predicted octanol–water partition coefficient (Wildman–Crippen LogP) is 2.91. The molecule has 0 amide bonds. The Hall–Kier alpha value is -4.18. The van der Waals surface area contributed by atoms with Crippen molar-refractivity contribution in [1.29, 1.82) is 0 Å². The zero-order valence-corrected chi connectivity index (χ0v) is 15.0. The first kappa shape index (κ1) is 17.2. The van der Waals surface area contributed by atoms with Crippen molar-refractivity contribution in [2.24, 2.45) is 0 Å². The summed E-state index contributed by atoms with van der Waals surface area (Å²) in [6.07, 6.45) is 7.08. The molecule has 4 aromatic rings. The Kier molecular flexibility index (Phi) is 4.44. The molecule has 1 N–H and O–H groups in total. The van der Waals surface area contributed by atoms with E-state index in [9.17, 15) is 4.79 Å². The average molecular weight is 369 g/mol. The van der Waals surface area contributed by atoms with E-state index in [4.69, 9.17) is 11.2 Å². The fourth-order valence-electron chi connectivity index (χ4n) is 2.86. The molecule has 7 nitrogen and oxygen atoms in total. The fraction of sp³-hybridized carbons (Fsp3) is 0.0476. The normalized spacial score (nSPS) is 10.4. The van der Waals surface area contributed by atoms with Gasteiger partial charge in [-0.3, -0.25) is 0 Å². The Morgan fingerprint density at radius 1 is 1.07 bits per heavy atom. The van der Waals surface area contributed by atoms with Crippen molar-refractivity contribution in [3.63, 3.8) is 0 Å². The lowest BCUT2D eigenvalue weighted by atomic mass is 10.2. The lowest BCUT2D eigenvalue weighted by molar-refractivity contribution is 0.417. The van der Waals surface area contributed by atoms with E-state index >= 15 is 0 Å². The number of benzene rings is 2. The van der Waals surface area contributed by atoms with Crippen LogP contribution < -0.4 is 15.7 Å². The predicted molar refractivity (Wildman–Crippen MR) is 107 cm³/mol. The Morgan fingerprint density at radius 2 is 1.82 bits per heavy atom. The molecular weight excluding hydrogens is 354 g/mol. The average Bonchev–Trinajstić information content (AvgIpc) is 2.74.